The van der Waals surface area contributed by atoms with Gasteiger partial charge < -0.3 is 29.4 Å². The first kappa shape index (κ1) is 25.2. The third-order valence-corrected chi connectivity index (χ3v) is 5.74. The van der Waals surface area contributed by atoms with Crippen LogP contribution in [0, 0.1) is 18.3 Å². The van der Waals surface area contributed by atoms with Gasteiger partial charge in [-0.25, -0.2) is 4.79 Å². The van der Waals surface area contributed by atoms with Gasteiger partial charge in [0, 0.05) is 11.6 Å². The van der Waals surface area contributed by atoms with E-state index in [1.54, 1.807) is 42.5 Å². The number of carbonyl (C=O) groups excluding carboxylic acids is 1. The molecule has 188 valence electrons. The first-order valence-corrected chi connectivity index (χ1v) is 11.5. The van der Waals surface area contributed by atoms with Crippen molar-refractivity contribution in [2.75, 3.05) is 20.3 Å². The van der Waals surface area contributed by atoms with Crippen LogP contribution in [0.3, 0.4) is 0 Å². The Hall–Kier alpha value is -4.90. The number of hydrogen-bond acceptors (Lipinski definition) is 8. The average Bonchev–Trinajstić information content (AvgIpc) is 2.90. The summed E-state index contributed by atoms with van der Waals surface area (Å²) in [7, 11) is 1.54. The van der Waals surface area contributed by atoms with Crippen molar-refractivity contribution in [3.8, 4) is 34.8 Å². The van der Waals surface area contributed by atoms with E-state index in [0.29, 0.717) is 35.2 Å². The van der Waals surface area contributed by atoms with Gasteiger partial charge in [-0.2, -0.15) is 5.26 Å². The fourth-order valence-corrected chi connectivity index (χ4v) is 3.99. The zero-order valence-electron chi connectivity index (χ0n) is 20.5. The van der Waals surface area contributed by atoms with Crippen LogP contribution < -0.4 is 29.4 Å². The number of carbonyl (C=O) groups is 1. The van der Waals surface area contributed by atoms with Gasteiger partial charge in [0.25, 0.3) is 0 Å². The van der Waals surface area contributed by atoms with Crippen LogP contribution in [0.2, 0.25) is 0 Å². The summed E-state index contributed by atoms with van der Waals surface area (Å²) in [5.41, 5.74) is 8.72. The van der Waals surface area contributed by atoms with Crippen molar-refractivity contribution in [3.63, 3.8) is 0 Å². The molecule has 0 radical (unpaired) electrons. The number of nitrogens with zero attached hydrogens (tertiary/aromatic N) is 1. The van der Waals surface area contributed by atoms with Gasteiger partial charge in [0.05, 0.1) is 13.0 Å². The Morgan fingerprint density at radius 3 is 2.65 bits per heavy atom. The Morgan fingerprint density at radius 1 is 1.11 bits per heavy atom. The van der Waals surface area contributed by atoms with Crippen LogP contribution in [0.25, 0.3) is 0 Å². The van der Waals surface area contributed by atoms with Crippen LogP contribution in [-0.4, -0.2) is 26.3 Å². The van der Waals surface area contributed by atoms with Crippen LogP contribution in [0.15, 0.2) is 84.8 Å². The van der Waals surface area contributed by atoms with Gasteiger partial charge in [-0.1, -0.05) is 43.0 Å². The number of allylic oxidation sites excluding steroid dienone is 1. The van der Waals surface area contributed by atoms with Gasteiger partial charge in [-0.15, -0.1) is 0 Å². The Morgan fingerprint density at radius 2 is 1.92 bits per heavy atom. The molecule has 37 heavy (non-hydrogen) atoms. The highest BCUT2D eigenvalue weighted by atomic mass is 16.6. The molecule has 0 spiro atoms. The van der Waals surface area contributed by atoms with E-state index in [2.05, 4.69) is 12.6 Å². The van der Waals surface area contributed by atoms with Crippen LogP contribution in [-0.2, 0) is 4.79 Å². The molecule has 0 fully saturated rings. The quantitative estimate of drug-likeness (QED) is 0.255. The molecule has 8 heteroatoms. The number of nitriles is 1. The minimum atomic E-state index is -0.573. The van der Waals surface area contributed by atoms with E-state index in [1.807, 2.05) is 31.2 Å². The number of methoxy groups -OCH3 is 1. The van der Waals surface area contributed by atoms with Gasteiger partial charge in [-0.3, -0.25) is 0 Å². The van der Waals surface area contributed by atoms with Gasteiger partial charge in [0.15, 0.2) is 18.1 Å². The van der Waals surface area contributed by atoms with E-state index in [4.69, 9.17) is 29.4 Å². The molecule has 1 aliphatic rings. The van der Waals surface area contributed by atoms with Crippen LogP contribution in [0.1, 0.15) is 22.6 Å². The SMILES string of the molecule is C=CCOc1ccc(C2C(C#N)=C(N)Oc3cc(OC(=O)COc4ccccc4C)ccc32)cc1OC. The van der Waals surface area contributed by atoms with Gasteiger partial charge in [0.1, 0.15) is 35.5 Å². The maximum absolute atomic E-state index is 12.4. The topological polar surface area (TPSA) is 113 Å². The van der Waals surface area contributed by atoms with Gasteiger partial charge in [0.2, 0.25) is 5.88 Å². The lowest BCUT2D eigenvalue weighted by Gasteiger charge is -2.27. The minimum Gasteiger partial charge on any atom is -0.493 e. The summed E-state index contributed by atoms with van der Waals surface area (Å²) >= 11 is 0. The number of ether oxygens (including phenoxy) is 5. The summed E-state index contributed by atoms with van der Waals surface area (Å²) in [6.07, 6.45) is 1.64. The van der Waals surface area contributed by atoms with Crippen molar-refractivity contribution < 1.29 is 28.5 Å². The molecule has 0 aromatic heterocycles. The fourth-order valence-electron chi connectivity index (χ4n) is 3.99. The number of aryl methyl sites for hydroxylation is 1. The molecule has 0 bridgehead atoms. The van der Waals surface area contributed by atoms with Gasteiger partial charge >= 0.3 is 5.97 Å². The third kappa shape index (κ3) is 5.52. The number of benzene rings is 3. The highest BCUT2D eigenvalue weighted by Crippen LogP contribution is 2.45. The number of fused-ring (bicyclic) bond motifs is 1. The third-order valence-electron chi connectivity index (χ3n) is 5.74. The first-order valence-electron chi connectivity index (χ1n) is 11.5. The molecular weight excluding hydrogens is 472 g/mol. The molecule has 3 aromatic rings. The summed E-state index contributed by atoms with van der Waals surface area (Å²) in [5.74, 6) is 1.16. The van der Waals surface area contributed by atoms with Crippen molar-refractivity contribution in [3.05, 3.63) is 101 Å². The predicted octanol–water partition coefficient (Wildman–Crippen LogP) is 4.77. The summed E-state index contributed by atoms with van der Waals surface area (Å²) in [6.45, 7) is 5.61. The number of para-hydroxylation sites is 1. The smallest absolute Gasteiger partial charge is 0.349 e. The molecule has 1 unspecified atom stereocenters. The van der Waals surface area contributed by atoms with E-state index in [-0.39, 0.29) is 23.8 Å². The lowest BCUT2D eigenvalue weighted by atomic mass is 9.83. The summed E-state index contributed by atoms with van der Waals surface area (Å²) in [6, 6.07) is 19.9. The molecular formula is C29H26N2O6. The zero-order valence-corrected chi connectivity index (χ0v) is 20.5. The Labute approximate surface area is 215 Å². The molecule has 4 rings (SSSR count). The zero-order chi connectivity index (χ0) is 26.4. The lowest BCUT2D eigenvalue weighted by Crippen LogP contribution is -2.22. The average molecular weight is 499 g/mol. The van der Waals surface area contributed by atoms with Crippen LogP contribution >= 0.6 is 0 Å². The molecule has 8 nitrogen and oxygen atoms in total. The van der Waals surface area contributed by atoms with Crippen LogP contribution in [0.4, 0.5) is 0 Å². The van der Waals surface area contributed by atoms with Crippen molar-refractivity contribution in [2.24, 2.45) is 5.73 Å². The Balaban J connectivity index is 1.58. The van der Waals surface area contributed by atoms with E-state index < -0.39 is 11.9 Å². The number of rotatable bonds is 9. The first-order chi connectivity index (χ1) is 17.9. The van der Waals surface area contributed by atoms with E-state index in [1.165, 1.54) is 7.11 Å². The second-order valence-corrected chi connectivity index (χ2v) is 8.16. The van der Waals surface area contributed by atoms with E-state index >= 15 is 0 Å². The van der Waals surface area contributed by atoms with Crippen LogP contribution in [0.5, 0.6) is 28.7 Å². The monoisotopic (exact) mass is 498 g/mol. The minimum absolute atomic E-state index is 0.0303. The maximum Gasteiger partial charge on any atom is 0.349 e. The molecule has 1 aliphatic heterocycles. The second kappa shape index (κ2) is 11.2. The molecule has 1 heterocycles. The van der Waals surface area contributed by atoms with Crippen molar-refractivity contribution in [1.82, 2.24) is 0 Å². The highest BCUT2D eigenvalue weighted by molar-refractivity contribution is 5.74. The molecule has 3 aromatic carbocycles. The number of nitrogens with two attached hydrogens (primary N) is 1. The van der Waals surface area contributed by atoms with Crippen molar-refractivity contribution in [1.29, 1.82) is 5.26 Å². The molecule has 0 amide bonds. The normalized spacial score (nSPS) is 14.0. The van der Waals surface area contributed by atoms with Gasteiger partial charge in [-0.05, 0) is 42.3 Å². The molecule has 0 saturated carbocycles. The Bertz CT molecular complexity index is 1410. The molecule has 0 saturated heterocycles. The molecule has 2 N–H and O–H groups in total. The van der Waals surface area contributed by atoms with Crippen molar-refractivity contribution >= 4 is 5.97 Å². The number of hydrogen-bond donors (Lipinski definition) is 1. The second-order valence-electron chi connectivity index (χ2n) is 8.16. The number of esters is 1. The maximum atomic E-state index is 12.4. The fraction of sp³-hybridized carbons (Fsp3) is 0.172. The summed E-state index contributed by atoms with van der Waals surface area (Å²) in [4.78, 5) is 12.4. The lowest BCUT2D eigenvalue weighted by molar-refractivity contribution is -0.136. The van der Waals surface area contributed by atoms with Crippen molar-refractivity contribution in [2.45, 2.75) is 12.8 Å². The summed E-state index contributed by atoms with van der Waals surface area (Å²) in [5, 5.41) is 9.84. The standard InChI is InChI=1S/C29H26N2O6/c1-4-13-34-24-12-9-19(14-26(24)33-3)28-21-11-10-20(15-25(21)37-29(31)22(28)16-30)36-27(32)17-35-23-8-6-5-7-18(23)2/h4-12,14-15,28H,1,13,17,31H2,2-3H3. The highest BCUT2D eigenvalue weighted by Gasteiger charge is 2.31. The predicted molar refractivity (Wildman–Crippen MR) is 137 cm³/mol. The largest absolute Gasteiger partial charge is 0.493 e. The molecule has 1 atom stereocenters. The van der Waals surface area contributed by atoms with E-state index in [9.17, 15) is 10.1 Å². The summed E-state index contributed by atoms with van der Waals surface area (Å²) < 4.78 is 27.9. The van der Waals surface area contributed by atoms with E-state index in [0.717, 1.165) is 11.1 Å². The molecule has 0 aliphatic carbocycles. The Kier molecular flexibility index (Phi) is 7.65.